The van der Waals surface area contributed by atoms with Crippen LogP contribution in [0.15, 0.2) is 0 Å². The Morgan fingerprint density at radius 1 is 1.11 bits per heavy atom. The van der Waals surface area contributed by atoms with Gasteiger partial charge in [0.15, 0.2) is 0 Å². The molecule has 0 aliphatic heterocycles. The highest BCUT2D eigenvalue weighted by Gasteiger charge is 2.53. The zero-order valence-corrected chi connectivity index (χ0v) is 6.43. The summed E-state index contributed by atoms with van der Waals surface area (Å²) in [6.45, 7) is 4.76. The van der Waals surface area contributed by atoms with Gasteiger partial charge >= 0.3 is 0 Å². The fraction of sp³-hybridized carbons (Fsp3) is 1.00. The number of hydrogen-bond acceptors (Lipinski definition) is 0. The second-order valence-electron chi connectivity index (χ2n) is 4.08. The first-order chi connectivity index (χ1) is 4.30. The van der Waals surface area contributed by atoms with Crippen LogP contribution >= 0.6 is 0 Å². The Morgan fingerprint density at radius 2 is 1.67 bits per heavy atom. The van der Waals surface area contributed by atoms with Gasteiger partial charge in [-0.15, -0.1) is 0 Å². The Kier molecular flexibility index (Phi) is 1.12. The first kappa shape index (κ1) is 5.76. The summed E-state index contributed by atoms with van der Waals surface area (Å²) < 4.78 is 0. The second-order valence-corrected chi connectivity index (χ2v) is 4.08. The molecule has 9 heavy (non-hydrogen) atoms. The Balaban J connectivity index is 1.94. The molecule has 2 aliphatic carbocycles. The Labute approximate surface area is 57.6 Å². The highest BCUT2D eigenvalue weighted by molar-refractivity contribution is 5.01. The summed E-state index contributed by atoms with van der Waals surface area (Å²) in [6.07, 6.45) is 4.62. The van der Waals surface area contributed by atoms with E-state index in [1.807, 2.05) is 0 Å². The van der Waals surface area contributed by atoms with Crippen molar-refractivity contribution in [2.24, 2.45) is 23.7 Å². The normalized spacial score (nSPS) is 47.7. The van der Waals surface area contributed by atoms with Crippen molar-refractivity contribution in [2.45, 2.75) is 33.1 Å². The molecule has 2 rings (SSSR count). The molecule has 0 N–H and O–H groups in total. The van der Waals surface area contributed by atoms with Crippen molar-refractivity contribution in [3.05, 3.63) is 0 Å². The molecule has 0 unspecified atom stereocenters. The van der Waals surface area contributed by atoms with Crippen LogP contribution < -0.4 is 0 Å². The number of hydrogen-bond donors (Lipinski definition) is 0. The van der Waals surface area contributed by atoms with Crippen molar-refractivity contribution in [1.29, 1.82) is 0 Å². The third kappa shape index (κ3) is 0.720. The molecule has 0 heteroatoms. The molecule has 0 saturated heterocycles. The van der Waals surface area contributed by atoms with Gasteiger partial charge in [-0.1, -0.05) is 20.3 Å². The molecule has 0 heterocycles. The maximum atomic E-state index is 2.38. The van der Waals surface area contributed by atoms with E-state index in [2.05, 4.69) is 13.8 Å². The van der Waals surface area contributed by atoms with Crippen LogP contribution in [0.3, 0.4) is 0 Å². The monoisotopic (exact) mass is 124 g/mol. The van der Waals surface area contributed by atoms with Gasteiger partial charge in [-0.05, 0) is 36.5 Å². The highest BCUT2D eigenvalue weighted by atomic mass is 14.6. The predicted octanol–water partition coefficient (Wildman–Crippen LogP) is 2.69. The Morgan fingerprint density at radius 3 is 2.00 bits per heavy atom. The van der Waals surface area contributed by atoms with Crippen molar-refractivity contribution in [3.63, 3.8) is 0 Å². The molecule has 0 amide bonds. The third-order valence-corrected chi connectivity index (χ3v) is 3.24. The fourth-order valence-electron chi connectivity index (χ4n) is 2.87. The minimum absolute atomic E-state index is 0.972. The van der Waals surface area contributed by atoms with E-state index in [0.29, 0.717) is 0 Å². The molecule has 0 nitrogen and oxygen atoms in total. The van der Waals surface area contributed by atoms with Crippen LogP contribution in [0.5, 0.6) is 0 Å². The van der Waals surface area contributed by atoms with E-state index in [4.69, 9.17) is 0 Å². The highest BCUT2D eigenvalue weighted by Crippen LogP contribution is 2.60. The summed E-state index contributed by atoms with van der Waals surface area (Å²) in [6, 6.07) is 0. The van der Waals surface area contributed by atoms with Gasteiger partial charge in [-0.2, -0.15) is 0 Å². The fourth-order valence-corrected chi connectivity index (χ4v) is 2.87. The molecule has 0 spiro atoms. The Hall–Kier alpha value is 0. The lowest BCUT2D eigenvalue weighted by Gasteiger charge is -2.04. The third-order valence-electron chi connectivity index (χ3n) is 3.24. The van der Waals surface area contributed by atoms with Gasteiger partial charge in [0.05, 0.1) is 0 Å². The molecule has 2 aliphatic rings. The van der Waals surface area contributed by atoms with Crippen LogP contribution in [-0.2, 0) is 0 Å². The van der Waals surface area contributed by atoms with Crippen molar-refractivity contribution in [3.8, 4) is 0 Å². The summed E-state index contributed by atoms with van der Waals surface area (Å²) >= 11 is 0. The summed E-state index contributed by atoms with van der Waals surface area (Å²) in [4.78, 5) is 0. The van der Waals surface area contributed by atoms with Gasteiger partial charge in [0.2, 0.25) is 0 Å². The van der Waals surface area contributed by atoms with Crippen LogP contribution in [-0.4, -0.2) is 0 Å². The molecule has 2 fully saturated rings. The minimum atomic E-state index is 0.972. The maximum Gasteiger partial charge on any atom is -0.0329 e. The average molecular weight is 124 g/mol. The minimum Gasteiger partial charge on any atom is -0.0625 e. The zero-order chi connectivity index (χ0) is 6.43. The number of fused-ring (bicyclic) bond motifs is 1. The topological polar surface area (TPSA) is 0 Å². The second kappa shape index (κ2) is 1.74. The van der Waals surface area contributed by atoms with Crippen molar-refractivity contribution in [1.82, 2.24) is 0 Å². The average Bonchev–Trinajstić information content (AvgIpc) is 2.30. The summed E-state index contributed by atoms with van der Waals surface area (Å²) in [7, 11) is 0. The molecule has 2 saturated carbocycles. The maximum absolute atomic E-state index is 2.38. The number of rotatable bonds is 1. The van der Waals surface area contributed by atoms with Gasteiger partial charge < -0.3 is 0 Å². The quantitative estimate of drug-likeness (QED) is 0.504. The molecule has 0 aromatic heterocycles. The van der Waals surface area contributed by atoms with E-state index in [1.54, 1.807) is 12.8 Å². The van der Waals surface area contributed by atoms with E-state index in [1.165, 1.54) is 18.3 Å². The molecule has 0 radical (unpaired) electrons. The predicted molar refractivity (Wildman–Crippen MR) is 39.2 cm³/mol. The van der Waals surface area contributed by atoms with E-state index >= 15 is 0 Å². The van der Waals surface area contributed by atoms with Crippen LogP contribution in [0.25, 0.3) is 0 Å². The van der Waals surface area contributed by atoms with Gasteiger partial charge in [0, 0.05) is 0 Å². The first-order valence-corrected chi connectivity index (χ1v) is 4.30. The van der Waals surface area contributed by atoms with Crippen molar-refractivity contribution >= 4 is 0 Å². The first-order valence-electron chi connectivity index (χ1n) is 4.30. The van der Waals surface area contributed by atoms with Crippen molar-refractivity contribution in [2.75, 3.05) is 0 Å². The largest absolute Gasteiger partial charge is 0.0625 e. The van der Waals surface area contributed by atoms with E-state index in [-0.39, 0.29) is 0 Å². The van der Waals surface area contributed by atoms with Crippen LogP contribution in [0.1, 0.15) is 33.1 Å². The Bertz CT molecular complexity index is 105. The molecule has 0 aromatic carbocycles. The lowest BCUT2D eigenvalue weighted by molar-refractivity contribution is 0.456. The SMILES string of the molecule is CC(C)C1[C@@H]2CCC[C@@H]12. The van der Waals surface area contributed by atoms with Crippen LogP contribution in [0.2, 0.25) is 0 Å². The van der Waals surface area contributed by atoms with Gasteiger partial charge in [-0.3, -0.25) is 0 Å². The van der Waals surface area contributed by atoms with E-state index in [0.717, 1.165) is 11.8 Å². The molecule has 2 atom stereocenters. The molecule has 52 valence electrons. The lowest BCUT2D eigenvalue weighted by Crippen LogP contribution is -1.95. The standard InChI is InChI=1S/C9H16/c1-6(2)9-7-4-3-5-8(7)9/h6-9H,3-5H2,1-2H3/t7-,8-/m1/s1. The zero-order valence-electron chi connectivity index (χ0n) is 6.43. The van der Waals surface area contributed by atoms with Crippen LogP contribution in [0.4, 0.5) is 0 Å². The van der Waals surface area contributed by atoms with Gasteiger partial charge in [0.1, 0.15) is 0 Å². The molecule has 0 bridgehead atoms. The smallest absolute Gasteiger partial charge is 0.0329 e. The van der Waals surface area contributed by atoms with Gasteiger partial charge in [-0.25, -0.2) is 0 Å². The van der Waals surface area contributed by atoms with Crippen molar-refractivity contribution < 1.29 is 0 Å². The molecular weight excluding hydrogens is 108 g/mol. The summed E-state index contributed by atoms with van der Waals surface area (Å²) in [5.74, 6) is 4.45. The van der Waals surface area contributed by atoms with E-state index < -0.39 is 0 Å². The summed E-state index contributed by atoms with van der Waals surface area (Å²) in [5.41, 5.74) is 0. The molecule has 0 aromatic rings. The van der Waals surface area contributed by atoms with Gasteiger partial charge in [0.25, 0.3) is 0 Å². The molecular formula is C9H16. The van der Waals surface area contributed by atoms with E-state index in [9.17, 15) is 0 Å². The lowest BCUT2D eigenvalue weighted by atomic mass is 10.0. The summed E-state index contributed by atoms with van der Waals surface area (Å²) in [5, 5.41) is 0. The van der Waals surface area contributed by atoms with Crippen LogP contribution in [0, 0.1) is 23.7 Å².